The Morgan fingerprint density at radius 3 is 1.36 bits per heavy atom. The number of hydrogen-bond acceptors (Lipinski definition) is 10. The molecule has 0 aliphatic heterocycles. The van der Waals surface area contributed by atoms with Gasteiger partial charge < -0.3 is 0 Å². The number of anilines is 2. The summed E-state index contributed by atoms with van der Waals surface area (Å²) in [5.41, 5.74) is 2.01. The molecule has 2 N–H and O–H groups in total. The molecule has 2 saturated carbocycles. The summed E-state index contributed by atoms with van der Waals surface area (Å²) in [6.07, 6.45) is 15.2. The van der Waals surface area contributed by atoms with Gasteiger partial charge in [-0.3, -0.25) is 0 Å². The first kappa shape index (κ1) is 33.0. The number of rotatable bonds is 13. The van der Waals surface area contributed by atoms with Gasteiger partial charge in [0, 0.05) is 0 Å². The first-order valence-electron chi connectivity index (χ1n) is 17.5. The molecule has 0 amide bonds. The van der Waals surface area contributed by atoms with E-state index in [9.17, 15) is 0 Å². The van der Waals surface area contributed by atoms with E-state index in [0.717, 1.165) is 60.2 Å². The predicted molar refractivity (Wildman–Crippen MR) is 192 cm³/mol. The van der Waals surface area contributed by atoms with E-state index in [4.69, 9.17) is 8.83 Å². The van der Waals surface area contributed by atoms with Crippen molar-refractivity contribution in [1.82, 2.24) is 40.4 Å². The molecule has 2 atom stereocenters. The van der Waals surface area contributed by atoms with E-state index < -0.39 is 0 Å². The van der Waals surface area contributed by atoms with Crippen LogP contribution in [0, 0.1) is 0 Å². The number of benzene rings is 2. The third-order valence-corrected chi connectivity index (χ3v) is 16.8. The molecule has 4 heterocycles. The summed E-state index contributed by atoms with van der Waals surface area (Å²) in [5, 5.41) is 33.2. The minimum atomic E-state index is -0.276. The minimum absolute atomic E-state index is 0.276. The zero-order chi connectivity index (χ0) is 33.5. The molecule has 0 saturated heterocycles. The van der Waals surface area contributed by atoms with Gasteiger partial charge in [0.05, 0.1) is 0 Å². The molecule has 0 spiro atoms. The van der Waals surface area contributed by atoms with Gasteiger partial charge in [0.25, 0.3) is 0 Å². The van der Waals surface area contributed by atoms with Gasteiger partial charge >= 0.3 is 303 Å². The van der Waals surface area contributed by atoms with E-state index in [1.165, 1.54) is 47.4 Å². The van der Waals surface area contributed by atoms with Crippen molar-refractivity contribution in [1.29, 1.82) is 0 Å². The second-order valence-electron chi connectivity index (χ2n) is 12.9. The van der Waals surface area contributed by atoms with Crippen LogP contribution in [0.25, 0.3) is 0 Å². The van der Waals surface area contributed by atoms with Crippen LogP contribution >= 0.6 is 0 Å². The van der Waals surface area contributed by atoms with Crippen LogP contribution in [0.15, 0.2) is 94.2 Å². The van der Waals surface area contributed by atoms with Crippen LogP contribution < -0.4 is 19.6 Å². The first-order valence-corrected chi connectivity index (χ1v) is 23.5. The Hall–Kier alpha value is -4.22. The van der Waals surface area contributed by atoms with Gasteiger partial charge in [-0.2, -0.15) is 0 Å². The molecule has 0 radical (unpaired) electrons. The van der Waals surface area contributed by atoms with Gasteiger partial charge in [-0.25, -0.2) is 0 Å². The van der Waals surface area contributed by atoms with Crippen LogP contribution in [-0.4, -0.2) is 66.7 Å². The second-order valence-corrected chi connectivity index (χ2v) is 19.3. The molecular weight excluding hydrogens is 762 g/mol. The predicted octanol–water partition coefficient (Wildman–Crippen LogP) is 5.53. The van der Waals surface area contributed by atoms with Crippen molar-refractivity contribution in [2.45, 2.75) is 88.4 Å². The van der Waals surface area contributed by atoms with Crippen LogP contribution in [0.4, 0.5) is 11.4 Å². The summed E-state index contributed by atoms with van der Waals surface area (Å²) in [6, 6.07) is 25.4. The quantitative estimate of drug-likeness (QED) is 0.144. The molecule has 12 nitrogen and oxygen atoms in total. The van der Waals surface area contributed by atoms with E-state index >= 15 is 0 Å². The SMILES string of the molecule is c1coc(C(Nc2ccc([Se][Se]c3ccc(NC(c4ccco4)c4nnnn4C4CCCCC4)cc3)cc2)c2nnnn2C2CCCCC2)c1. The molecule has 2 unspecified atom stereocenters. The van der Waals surface area contributed by atoms with Crippen LogP contribution in [0.5, 0.6) is 0 Å². The Bertz CT molecular complexity index is 1760. The van der Waals surface area contributed by atoms with E-state index in [1.807, 2.05) is 33.6 Å². The van der Waals surface area contributed by atoms with Gasteiger partial charge in [0.15, 0.2) is 0 Å². The average Bonchev–Trinajstić information content (AvgIpc) is 4.02. The zero-order valence-corrected chi connectivity index (χ0v) is 31.1. The van der Waals surface area contributed by atoms with E-state index in [1.54, 1.807) is 12.5 Å². The molecule has 2 fully saturated rings. The molecule has 14 heteroatoms. The van der Waals surface area contributed by atoms with Crippen LogP contribution in [0.2, 0.25) is 0 Å². The number of nitrogens with one attached hydrogen (secondary N) is 2. The molecule has 2 aromatic carbocycles. The van der Waals surface area contributed by atoms with Crippen molar-refractivity contribution in [3.05, 3.63) is 108 Å². The van der Waals surface area contributed by atoms with Gasteiger partial charge in [-0.05, 0) is 0 Å². The van der Waals surface area contributed by atoms with E-state index in [2.05, 4.69) is 90.2 Å². The van der Waals surface area contributed by atoms with Crippen molar-refractivity contribution in [3.63, 3.8) is 0 Å². The normalized spacial score (nSPS) is 17.0. The summed E-state index contributed by atoms with van der Waals surface area (Å²) in [4.78, 5) is 0. The summed E-state index contributed by atoms with van der Waals surface area (Å²) < 4.78 is 18.5. The summed E-state index contributed by atoms with van der Waals surface area (Å²) in [6.45, 7) is 0. The first-order chi connectivity index (χ1) is 24.8. The number of tetrazole rings is 2. The van der Waals surface area contributed by atoms with Gasteiger partial charge in [-0.1, -0.05) is 0 Å². The Kier molecular flexibility index (Phi) is 10.4. The number of hydrogen-bond donors (Lipinski definition) is 2. The maximum absolute atomic E-state index is 5.86. The third kappa shape index (κ3) is 7.58. The second kappa shape index (κ2) is 15.8. The Balaban J connectivity index is 0.910. The van der Waals surface area contributed by atoms with Crippen LogP contribution in [0.1, 0.15) is 112 Å². The maximum atomic E-state index is 5.86. The number of aromatic nitrogens is 8. The fraction of sp³-hybridized carbons (Fsp3) is 0.389. The monoisotopic (exact) mass is 804 g/mol. The topological polar surface area (TPSA) is 138 Å². The van der Waals surface area contributed by atoms with Crippen LogP contribution in [-0.2, 0) is 0 Å². The van der Waals surface area contributed by atoms with Gasteiger partial charge in [0.2, 0.25) is 0 Å². The third-order valence-electron chi connectivity index (χ3n) is 9.61. The molecule has 2 aliphatic rings. The molecule has 258 valence electrons. The molecule has 8 rings (SSSR count). The van der Waals surface area contributed by atoms with Crippen molar-refractivity contribution >= 4 is 46.6 Å². The van der Waals surface area contributed by atoms with Crippen molar-refractivity contribution in [2.75, 3.05) is 10.6 Å². The van der Waals surface area contributed by atoms with Crippen LogP contribution in [0.3, 0.4) is 0 Å². The van der Waals surface area contributed by atoms with Crippen molar-refractivity contribution in [2.24, 2.45) is 0 Å². The summed E-state index contributed by atoms with van der Waals surface area (Å²) in [7, 11) is 0. The van der Waals surface area contributed by atoms with Crippen molar-refractivity contribution < 1.29 is 8.83 Å². The molecule has 0 bridgehead atoms. The molecule has 50 heavy (non-hydrogen) atoms. The fourth-order valence-electron chi connectivity index (χ4n) is 7.03. The Morgan fingerprint density at radius 1 is 0.560 bits per heavy atom. The molecular formula is C36H40N10O2Se2. The Labute approximate surface area is 302 Å². The number of nitrogens with zero attached hydrogens (tertiary/aromatic N) is 8. The van der Waals surface area contributed by atoms with E-state index in [0.29, 0.717) is 38.3 Å². The molecule has 6 aromatic rings. The zero-order valence-electron chi connectivity index (χ0n) is 27.7. The van der Waals surface area contributed by atoms with E-state index in [-0.39, 0.29) is 12.1 Å². The van der Waals surface area contributed by atoms with Gasteiger partial charge in [0.1, 0.15) is 0 Å². The molecule has 4 aromatic heterocycles. The average molecular weight is 803 g/mol. The Morgan fingerprint density at radius 2 is 0.980 bits per heavy atom. The van der Waals surface area contributed by atoms with Crippen molar-refractivity contribution in [3.8, 4) is 0 Å². The van der Waals surface area contributed by atoms with Gasteiger partial charge in [-0.15, -0.1) is 0 Å². The number of furan rings is 2. The summed E-state index contributed by atoms with van der Waals surface area (Å²) in [5.74, 6) is 3.17. The molecule has 2 aliphatic carbocycles. The summed E-state index contributed by atoms with van der Waals surface area (Å²) >= 11 is 0.676. The standard InChI is InChI=1S/C36H40N10O2Se2/c1-3-9-27(10-4-1)45-35(39-41-43-45)33(31-13-7-23-47-31)37-25-15-19-29(20-16-25)49-50-30-21-17-26(18-22-30)38-34(32-14-8-24-48-32)36-40-42-44-46(36)28-11-5-2-6-12-28/h7-8,13-24,27-28,33-34,37-38H,1-6,9-12H2. The fourth-order valence-corrected chi connectivity index (χ4v) is 13.0.